The van der Waals surface area contributed by atoms with E-state index in [2.05, 4.69) is 56.9 Å². The molecule has 0 N–H and O–H groups in total. The predicted molar refractivity (Wildman–Crippen MR) is 178 cm³/mol. The average Bonchev–Trinajstić information content (AvgIpc) is 3.03. The Morgan fingerprint density at radius 3 is 1.05 bits per heavy atom. The van der Waals surface area contributed by atoms with Crippen LogP contribution in [0.25, 0.3) is 0 Å². The molecule has 0 aliphatic rings. The van der Waals surface area contributed by atoms with E-state index in [-0.39, 0.29) is 0 Å². The molecule has 2 aromatic rings. The SMILES string of the molecule is CC(C)N(CCOCCOCCOCCOCCOCCOCCOCCOP(c1ccccc1)c1ccccc1)C(C)C. The molecule has 2 rings (SSSR count). The van der Waals surface area contributed by atoms with Crippen molar-refractivity contribution >= 4 is 18.8 Å². The zero-order valence-corrected chi connectivity index (χ0v) is 28.3. The molecule has 250 valence electrons. The molecule has 0 bridgehead atoms. The first-order valence-corrected chi connectivity index (χ1v) is 17.2. The number of ether oxygens (including phenoxy) is 7. The number of nitrogens with zero attached hydrogens (tertiary/aromatic N) is 1. The topological polar surface area (TPSA) is 77.1 Å². The highest BCUT2D eigenvalue weighted by Crippen LogP contribution is 2.34. The summed E-state index contributed by atoms with van der Waals surface area (Å²) in [6.45, 7) is 18.1. The summed E-state index contributed by atoms with van der Waals surface area (Å²) in [5, 5.41) is 2.39. The predicted octanol–water partition coefficient (Wildman–Crippen LogP) is 4.29. The Labute approximate surface area is 267 Å². The minimum absolute atomic E-state index is 0.523. The molecule has 0 heterocycles. The van der Waals surface area contributed by atoms with E-state index >= 15 is 0 Å². The van der Waals surface area contributed by atoms with Crippen molar-refractivity contribution in [3.63, 3.8) is 0 Å². The van der Waals surface area contributed by atoms with Crippen LogP contribution in [0.3, 0.4) is 0 Å². The lowest BCUT2D eigenvalue weighted by atomic mass is 10.2. The molecule has 0 atom stereocenters. The van der Waals surface area contributed by atoms with Gasteiger partial charge in [0.1, 0.15) is 0 Å². The molecule has 44 heavy (non-hydrogen) atoms. The van der Waals surface area contributed by atoms with Crippen molar-refractivity contribution in [2.75, 3.05) is 106 Å². The molecule has 0 unspecified atom stereocenters. The van der Waals surface area contributed by atoms with Crippen molar-refractivity contribution in [3.05, 3.63) is 60.7 Å². The van der Waals surface area contributed by atoms with E-state index < -0.39 is 8.15 Å². The Hall–Kier alpha value is -1.49. The maximum absolute atomic E-state index is 6.22. The molecule has 0 aliphatic heterocycles. The molecule has 0 aromatic heterocycles. The summed E-state index contributed by atoms with van der Waals surface area (Å²) in [6.07, 6.45) is 0. The van der Waals surface area contributed by atoms with Crippen molar-refractivity contribution in [1.82, 2.24) is 4.90 Å². The van der Waals surface area contributed by atoms with E-state index in [4.69, 9.17) is 37.7 Å². The van der Waals surface area contributed by atoms with Crippen LogP contribution in [0.5, 0.6) is 0 Å². The monoisotopic (exact) mass is 637 g/mol. The van der Waals surface area contributed by atoms with Crippen LogP contribution in [0.2, 0.25) is 0 Å². The standard InChI is InChI=1S/C34H56NO8P/c1-31(2)35(32(3)4)15-16-36-17-18-37-19-20-38-21-22-39-23-24-40-25-26-41-27-28-42-29-30-43-44(33-11-7-5-8-12-33)34-13-9-6-10-14-34/h5-14,31-32H,15-30H2,1-4H3. The fourth-order valence-corrected chi connectivity index (χ4v) is 6.06. The summed E-state index contributed by atoms with van der Waals surface area (Å²) in [7, 11) is -0.858. The third-order valence-corrected chi connectivity index (χ3v) is 8.46. The zero-order valence-electron chi connectivity index (χ0n) is 27.4. The largest absolute Gasteiger partial charge is 0.378 e. The van der Waals surface area contributed by atoms with Crippen LogP contribution in [0.1, 0.15) is 27.7 Å². The third-order valence-electron chi connectivity index (χ3n) is 6.48. The molecular formula is C34H56NO8P. The second-order valence-electron chi connectivity index (χ2n) is 10.5. The Kier molecular flexibility index (Phi) is 23.5. The van der Waals surface area contributed by atoms with Crippen molar-refractivity contribution < 1.29 is 37.7 Å². The summed E-state index contributed by atoms with van der Waals surface area (Å²) in [4.78, 5) is 2.42. The second-order valence-corrected chi connectivity index (χ2v) is 12.4. The Balaban J connectivity index is 1.29. The van der Waals surface area contributed by atoms with Crippen LogP contribution in [0.15, 0.2) is 60.7 Å². The molecule has 0 radical (unpaired) electrons. The maximum Gasteiger partial charge on any atom is 0.0918 e. The first kappa shape index (κ1) is 38.7. The summed E-state index contributed by atoms with van der Waals surface area (Å²) in [6, 6.07) is 21.7. The summed E-state index contributed by atoms with van der Waals surface area (Å²) < 4.78 is 45.3. The van der Waals surface area contributed by atoms with Gasteiger partial charge in [-0.25, -0.2) is 0 Å². The Bertz CT molecular complexity index is 846. The quantitative estimate of drug-likeness (QED) is 0.0960. The summed E-state index contributed by atoms with van der Waals surface area (Å²) >= 11 is 0. The molecule has 9 nitrogen and oxygen atoms in total. The van der Waals surface area contributed by atoms with Crippen LogP contribution in [0, 0.1) is 0 Å². The van der Waals surface area contributed by atoms with E-state index in [1.807, 2.05) is 36.4 Å². The number of hydrogen-bond acceptors (Lipinski definition) is 9. The van der Waals surface area contributed by atoms with Crippen LogP contribution in [-0.2, 0) is 37.7 Å². The van der Waals surface area contributed by atoms with E-state index in [1.54, 1.807) is 0 Å². The van der Waals surface area contributed by atoms with Gasteiger partial charge in [0.05, 0.1) is 107 Å². The Morgan fingerprint density at radius 1 is 0.432 bits per heavy atom. The van der Waals surface area contributed by atoms with Gasteiger partial charge in [0.15, 0.2) is 0 Å². The van der Waals surface area contributed by atoms with Crippen molar-refractivity contribution in [2.24, 2.45) is 0 Å². The first-order chi connectivity index (χ1) is 21.6. The molecular weight excluding hydrogens is 581 g/mol. The summed E-state index contributed by atoms with van der Waals surface area (Å²) in [5.74, 6) is 0. The third kappa shape index (κ3) is 19.1. The van der Waals surface area contributed by atoms with Gasteiger partial charge in [0.2, 0.25) is 0 Å². The molecule has 2 aromatic carbocycles. The second kappa shape index (κ2) is 26.7. The number of benzene rings is 2. The first-order valence-electron chi connectivity index (χ1n) is 15.9. The lowest BCUT2D eigenvalue weighted by molar-refractivity contribution is -0.0220. The molecule has 0 aliphatic carbocycles. The van der Waals surface area contributed by atoms with Gasteiger partial charge in [-0.2, -0.15) is 0 Å². The average molecular weight is 638 g/mol. The van der Waals surface area contributed by atoms with Crippen molar-refractivity contribution in [3.8, 4) is 0 Å². The summed E-state index contributed by atoms with van der Waals surface area (Å²) in [5.41, 5.74) is 0. The van der Waals surface area contributed by atoms with Crippen LogP contribution in [0.4, 0.5) is 0 Å². The van der Waals surface area contributed by atoms with Gasteiger partial charge in [-0.15, -0.1) is 0 Å². The molecule has 0 fully saturated rings. The number of hydrogen-bond donors (Lipinski definition) is 0. The minimum Gasteiger partial charge on any atom is -0.378 e. The van der Waals surface area contributed by atoms with Crippen molar-refractivity contribution in [1.29, 1.82) is 0 Å². The molecule has 0 spiro atoms. The highest BCUT2D eigenvalue weighted by molar-refractivity contribution is 7.68. The van der Waals surface area contributed by atoms with E-state index in [9.17, 15) is 0 Å². The van der Waals surface area contributed by atoms with Crippen LogP contribution < -0.4 is 10.6 Å². The van der Waals surface area contributed by atoms with Gasteiger partial charge in [0.25, 0.3) is 0 Å². The van der Waals surface area contributed by atoms with Crippen LogP contribution >= 0.6 is 8.15 Å². The zero-order chi connectivity index (χ0) is 31.5. The highest BCUT2D eigenvalue weighted by atomic mass is 31.1. The maximum atomic E-state index is 6.22. The van der Waals surface area contributed by atoms with Crippen molar-refractivity contribution in [2.45, 2.75) is 39.8 Å². The van der Waals surface area contributed by atoms with E-state index in [0.717, 1.165) is 13.2 Å². The van der Waals surface area contributed by atoms with Gasteiger partial charge in [-0.3, -0.25) is 4.90 Å². The van der Waals surface area contributed by atoms with Gasteiger partial charge >= 0.3 is 0 Å². The minimum atomic E-state index is -0.858. The fourth-order valence-electron chi connectivity index (χ4n) is 4.32. The highest BCUT2D eigenvalue weighted by Gasteiger charge is 2.14. The molecule has 0 saturated carbocycles. The normalized spacial score (nSPS) is 11.9. The molecule has 10 heteroatoms. The lowest BCUT2D eigenvalue weighted by Gasteiger charge is -2.30. The van der Waals surface area contributed by atoms with Gasteiger partial charge in [-0.05, 0) is 27.7 Å². The Morgan fingerprint density at radius 2 is 0.727 bits per heavy atom. The van der Waals surface area contributed by atoms with E-state index in [1.165, 1.54) is 10.6 Å². The van der Waals surface area contributed by atoms with Crippen LogP contribution in [-0.4, -0.2) is 123 Å². The van der Waals surface area contributed by atoms with Gasteiger partial charge in [0, 0.05) is 29.2 Å². The van der Waals surface area contributed by atoms with E-state index in [0.29, 0.717) is 105 Å². The lowest BCUT2D eigenvalue weighted by Crippen LogP contribution is -2.39. The smallest absolute Gasteiger partial charge is 0.0918 e. The van der Waals surface area contributed by atoms with Gasteiger partial charge < -0.3 is 37.7 Å². The van der Waals surface area contributed by atoms with Gasteiger partial charge in [-0.1, -0.05) is 60.7 Å². The molecule has 0 saturated heterocycles. The fraction of sp³-hybridized carbons (Fsp3) is 0.647. The number of rotatable bonds is 29. The molecule has 0 amide bonds.